The number of alkyl halides is 1. The number of non-ortho nitro benzene ring substituents is 1. The summed E-state index contributed by atoms with van der Waals surface area (Å²) in [5.74, 6) is 0.970. The Hall–Kier alpha value is -0.910. The average Bonchev–Trinajstić information content (AvgIpc) is 2.47. The zero-order valence-corrected chi connectivity index (χ0v) is 14.8. The van der Waals surface area contributed by atoms with E-state index in [1.165, 1.54) is 30.9 Å². The van der Waals surface area contributed by atoms with E-state index in [9.17, 15) is 14.7 Å². The second kappa shape index (κ2) is 7.57. The normalized spacial score (nSPS) is 24.5. The van der Waals surface area contributed by atoms with Gasteiger partial charge in [0.2, 0.25) is 0 Å². The minimum Gasteiger partial charge on any atom is -0.425 e. The smallest absolute Gasteiger partial charge is 0.376 e. The van der Waals surface area contributed by atoms with Gasteiger partial charge in [0.05, 0.1) is 11.0 Å². The number of nitro benzene ring substituents is 1. The topological polar surface area (TPSA) is 78.7 Å². The molecule has 0 spiro atoms. The van der Waals surface area contributed by atoms with Gasteiger partial charge >= 0.3 is 7.60 Å². The van der Waals surface area contributed by atoms with E-state index < -0.39 is 12.5 Å². The third kappa shape index (κ3) is 5.07. The Morgan fingerprint density at radius 2 is 1.86 bits per heavy atom. The molecule has 0 bridgehead atoms. The molecule has 1 aliphatic rings. The average molecular weight is 392 g/mol. The summed E-state index contributed by atoms with van der Waals surface area (Å²) in [7, 11) is -3.23. The fraction of sp³-hybridized carbons (Fsp3) is 0.571. The summed E-state index contributed by atoms with van der Waals surface area (Å²) >= 11 is 3.48. The summed E-state index contributed by atoms with van der Waals surface area (Å²) < 4.78 is 23.5. The Morgan fingerprint density at radius 1 is 1.27 bits per heavy atom. The molecule has 0 amide bonds. The Bertz CT molecular complexity index is 557. The van der Waals surface area contributed by atoms with Crippen LogP contribution in [0.25, 0.3) is 0 Å². The second-order valence-corrected chi connectivity index (χ2v) is 8.10. The molecule has 1 aromatic rings. The number of benzene rings is 1. The minimum atomic E-state index is -3.23. The van der Waals surface area contributed by atoms with Crippen LogP contribution in [0.15, 0.2) is 24.3 Å². The van der Waals surface area contributed by atoms with Gasteiger partial charge in [0.15, 0.2) is 0 Å². The molecule has 122 valence electrons. The van der Waals surface area contributed by atoms with Crippen LogP contribution in [0.4, 0.5) is 5.69 Å². The van der Waals surface area contributed by atoms with Crippen molar-refractivity contribution in [1.82, 2.24) is 0 Å². The van der Waals surface area contributed by atoms with Crippen LogP contribution in [0.2, 0.25) is 0 Å². The van der Waals surface area contributed by atoms with Gasteiger partial charge in [-0.15, -0.1) is 0 Å². The number of nitro groups is 1. The van der Waals surface area contributed by atoms with Gasteiger partial charge in [-0.3, -0.25) is 14.6 Å². The van der Waals surface area contributed by atoms with Crippen LogP contribution in [-0.2, 0) is 9.09 Å². The standard InChI is InChI=1S/C14H19BrNO5P/c1-22(19,20-13-6-2-11(10-15)3-7-13)21-14-8-4-12(5-9-14)16(17)18/h4-5,8-9,11,13H,2-3,6-7,10H2,1H3. The maximum Gasteiger partial charge on any atom is 0.376 e. The predicted octanol–water partition coefficient (Wildman–Crippen LogP) is 4.77. The van der Waals surface area contributed by atoms with Gasteiger partial charge in [0, 0.05) is 24.1 Å². The lowest BCUT2D eigenvalue weighted by molar-refractivity contribution is -0.384. The Kier molecular flexibility index (Phi) is 6.01. The Balaban J connectivity index is 1.90. The van der Waals surface area contributed by atoms with Crippen molar-refractivity contribution in [3.63, 3.8) is 0 Å². The summed E-state index contributed by atoms with van der Waals surface area (Å²) in [6.45, 7) is 1.44. The maximum absolute atomic E-state index is 12.4. The molecule has 0 N–H and O–H groups in total. The van der Waals surface area contributed by atoms with Crippen LogP contribution in [-0.4, -0.2) is 23.0 Å². The molecule has 0 saturated heterocycles. The van der Waals surface area contributed by atoms with E-state index in [1.54, 1.807) is 0 Å². The van der Waals surface area contributed by atoms with Crippen LogP contribution in [0.5, 0.6) is 5.75 Å². The molecule has 0 aromatic heterocycles. The van der Waals surface area contributed by atoms with Crippen molar-refractivity contribution in [3.05, 3.63) is 34.4 Å². The van der Waals surface area contributed by atoms with Crippen molar-refractivity contribution in [1.29, 1.82) is 0 Å². The van der Waals surface area contributed by atoms with Gasteiger partial charge in [-0.2, -0.15) is 0 Å². The lowest BCUT2D eigenvalue weighted by Gasteiger charge is -2.29. The van der Waals surface area contributed by atoms with E-state index in [-0.39, 0.29) is 11.8 Å². The molecular formula is C14H19BrNO5P. The van der Waals surface area contributed by atoms with Gasteiger partial charge in [0.1, 0.15) is 5.75 Å². The zero-order chi connectivity index (χ0) is 16.2. The Morgan fingerprint density at radius 3 is 2.36 bits per heavy atom. The highest BCUT2D eigenvalue weighted by molar-refractivity contribution is 9.09. The maximum atomic E-state index is 12.4. The first-order valence-corrected chi connectivity index (χ1v) is 10.3. The van der Waals surface area contributed by atoms with Crippen molar-refractivity contribution < 1.29 is 18.5 Å². The van der Waals surface area contributed by atoms with Crippen molar-refractivity contribution in [2.24, 2.45) is 5.92 Å². The fourth-order valence-electron chi connectivity index (χ4n) is 2.50. The van der Waals surface area contributed by atoms with Gasteiger partial charge in [0.25, 0.3) is 5.69 Å². The van der Waals surface area contributed by atoms with E-state index >= 15 is 0 Å². The number of halogens is 1. The van der Waals surface area contributed by atoms with Crippen molar-refractivity contribution in [3.8, 4) is 5.75 Å². The van der Waals surface area contributed by atoms with E-state index in [4.69, 9.17) is 9.05 Å². The molecule has 1 fully saturated rings. The number of nitrogens with zero attached hydrogens (tertiary/aromatic N) is 1. The zero-order valence-electron chi connectivity index (χ0n) is 12.3. The van der Waals surface area contributed by atoms with Crippen LogP contribution in [0.3, 0.4) is 0 Å². The van der Waals surface area contributed by atoms with Gasteiger partial charge in [-0.1, -0.05) is 15.9 Å². The summed E-state index contributed by atoms with van der Waals surface area (Å²) in [5, 5.41) is 11.6. The van der Waals surface area contributed by atoms with Crippen LogP contribution in [0, 0.1) is 16.0 Å². The molecule has 1 aliphatic carbocycles. The molecule has 8 heteroatoms. The first-order chi connectivity index (χ1) is 10.4. The molecule has 6 nitrogen and oxygen atoms in total. The third-order valence-corrected chi connectivity index (χ3v) is 5.81. The van der Waals surface area contributed by atoms with Gasteiger partial charge in [-0.05, 0) is 43.7 Å². The number of hydrogen-bond acceptors (Lipinski definition) is 5. The fourth-order valence-corrected chi connectivity index (χ4v) is 4.45. The predicted molar refractivity (Wildman–Crippen MR) is 87.9 cm³/mol. The third-order valence-electron chi connectivity index (χ3n) is 3.67. The lowest BCUT2D eigenvalue weighted by atomic mass is 9.89. The SMILES string of the molecule is CP(=O)(Oc1ccc([N+](=O)[O-])cc1)OC1CCC(CBr)CC1. The summed E-state index contributed by atoms with van der Waals surface area (Å²) in [5.41, 5.74) is -0.0349. The van der Waals surface area contributed by atoms with Crippen LogP contribution in [0.1, 0.15) is 25.7 Å². The quantitative estimate of drug-likeness (QED) is 0.302. The van der Waals surface area contributed by atoms with Crippen molar-refractivity contribution in [2.45, 2.75) is 31.8 Å². The lowest BCUT2D eigenvalue weighted by Crippen LogP contribution is -2.22. The molecule has 1 unspecified atom stereocenters. The molecule has 22 heavy (non-hydrogen) atoms. The highest BCUT2D eigenvalue weighted by atomic mass is 79.9. The number of hydrogen-bond donors (Lipinski definition) is 0. The van der Waals surface area contributed by atoms with Crippen LogP contribution < -0.4 is 4.52 Å². The highest BCUT2D eigenvalue weighted by Crippen LogP contribution is 2.48. The number of rotatable bonds is 6. The molecule has 1 aromatic carbocycles. The largest absolute Gasteiger partial charge is 0.425 e. The summed E-state index contributed by atoms with van der Waals surface area (Å²) in [6, 6.07) is 5.49. The molecular weight excluding hydrogens is 373 g/mol. The minimum absolute atomic E-state index is 0.0349. The van der Waals surface area contributed by atoms with E-state index in [0.29, 0.717) is 11.7 Å². The molecule has 0 heterocycles. The first-order valence-electron chi connectivity index (χ1n) is 7.15. The molecule has 0 radical (unpaired) electrons. The second-order valence-electron chi connectivity index (χ2n) is 5.52. The van der Waals surface area contributed by atoms with E-state index in [0.717, 1.165) is 31.0 Å². The van der Waals surface area contributed by atoms with Crippen molar-refractivity contribution in [2.75, 3.05) is 12.0 Å². The van der Waals surface area contributed by atoms with E-state index in [2.05, 4.69) is 15.9 Å². The highest BCUT2D eigenvalue weighted by Gasteiger charge is 2.28. The summed E-state index contributed by atoms with van der Waals surface area (Å²) in [6.07, 6.45) is 3.79. The Labute approximate surface area is 138 Å². The van der Waals surface area contributed by atoms with Crippen molar-refractivity contribution >= 4 is 29.2 Å². The van der Waals surface area contributed by atoms with Gasteiger partial charge in [-0.25, -0.2) is 4.57 Å². The van der Waals surface area contributed by atoms with Crippen LogP contribution >= 0.6 is 23.5 Å². The molecule has 0 aliphatic heterocycles. The van der Waals surface area contributed by atoms with Gasteiger partial charge < -0.3 is 4.52 Å². The van der Waals surface area contributed by atoms with E-state index in [1.807, 2.05) is 0 Å². The molecule has 1 saturated carbocycles. The summed E-state index contributed by atoms with van der Waals surface area (Å²) in [4.78, 5) is 10.1. The molecule has 2 rings (SSSR count). The first kappa shape index (κ1) is 17.4. The monoisotopic (exact) mass is 391 g/mol. The molecule has 1 atom stereocenters.